The highest BCUT2D eigenvalue weighted by Gasteiger charge is 2.32. The number of amides is 1. The van der Waals surface area contributed by atoms with Gasteiger partial charge in [0, 0.05) is 25.6 Å². The lowest BCUT2D eigenvalue weighted by Gasteiger charge is -2.37. The Hall–Kier alpha value is -0.810. The molecule has 2 heterocycles. The van der Waals surface area contributed by atoms with E-state index in [-0.39, 0.29) is 18.1 Å². The molecule has 2 fully saturated rings. The lowest BCUT2D eigenvalue weighted by molar-refractivity contribution is -0.0112. The van der Waals surface area contributed by atoms with E-state index < -0.39 is 5.60 Å². The predicted molar refractivity (Wildman–Crippen MR) is 84.7 cm³/mol. The van der Waals surface area contributed by atoms with Crippen molar-refractivity contribution in [2.75, 3.05) is 19.7 Å². The molecule has 0 aliphatic carbocycles. The fourth-order valence-corrected chi connectivity index (χ4v) is 3.28. The van der Waals surface area contributed by atoms with Crippen molar-refractivity contribution >= 4 is 6.09 Å². The summed E-state index contributed by atoms with van der Waals surface area (Å²) < 4.78 is 11.1. The summed E-state index contributed by atoms with van der Waals surface area (Å²) in [7, 11) is 0. The minimum atomic E-state index is -0.470. The van der Waals surface area contributed by atoms with Gasteiger partial charge >= 0.3 is 6.09 Å². The van der Waals surface area contributed by atoms with Crippen LogP contribution in [0.25, 0.3) is 0 Å². The fourth-order valence-electron chi connectivity index (χ4n) is 3.28. The SMILES string of the molecule is CC(C)(C)OC(=O)N1CCC(O)C(CCCC2CCCO2)C1. The number of carbonyl (C=O) groups is 1. The number of aliphatic hydroxyl groups is 1. The summed E-state index contributed by atoms with van der Waals surface area (Å²) in [5.41, 5.74) is -0.470. The Balaban J connectivity index is 1.76. The molecule has 0 spiro atoms. The first-order valence-corrected chi connectivity index (χ1v) is 8.63. The average molecular weight is 313 g/mol. The zero-order chi connectivity index (χ0) is 16.2. The molecule has 0 aromatic carbocycles. The number of hydrogen-bond acceptors (Lipinski definition) is 4. The molecule has 0 aromatic rings. The van der Waals surface area contributed by atoms with Crippen molar-refractivity contribution in [1.82, 2.24) is 4.90 Å². The summed E-state index contributed by atoms with van der Waals surface area (Å²) in [5, 5.41) is 10.2. The molecule has 2 saturated heterocycles. The smallest absolute Gasteiger partial charge is 0.410 e. The molecule has 0 aromatic heterocycles. The van der Waals surface area contributed by atoms with E-state index in [0.29, 0.717) is 25.6 Å². The Bertz CT molecular complexity index is 360. The molecule has 2 aliphatic rings. The Morgan fingerprint density at radius 2 is 2.09 bits per heavy atom. The number of piperidine rings is 1. The molecule has 3 unspecified atom stereocenters. The van der Waals surface area contributed by atoms with E-state index in [4.69, 9.17) is 9.47 Å². The van der Waals surface area contributed by atoms with E-state index in [1.54, 1.807) is 4.90 Å². The van der Waals surface area contributed by atoms with Crippen molar-refractivity contribution in [3.05, 3.63) is 0 Å². The van der Waals surface area contributed by atoms with Gasteiger partial charge in [0.25, 0.3) is 0 Å². The van der Waals surface area contributed by atoms with Crippen LogP contribution in [0.1, 0.15) is 59.3 Å². The van der Waals surface area contributed by atoms with Gasteiger partial charge in [-0.1, -0.05) is 6.42 Å². The quantitative estimate of drug-likeness (QED) is 0.867. The summed E-state index contributed by atoms with van der Waals surface area (Å²) in [5.74, 6) is 0.155. The van der Waals surface area contributed by atoms with Crippen LogP contribution in [0.4, 0.5) is 4.79 Å². The molecule has 3 atom stereocenters. The molecule has 0 radical (unpaired) electrons. The Labute approximate surface area is 134 Å². The molecule has 5 nitrogen and oxygen atoms in total. The number of rotatable bonds is 4. The monoisotopic (exact) mass is 313 g/mol. The van der Waals surface area contributed by atoms with Crippen LogP contribution >= 0.6 is 0 Å². The van der Waals surface area contributed by atoms with Crippen molar-refractivity contribution in [2.24, 2.45) is 5.92 Å². The summed E-state index contributed by atoms with van der Waals surface area (Å²) in [4.78, 5) is 13.9. The normalized spacial score (nSPS) is 29.6. The van der Waals surface area contributed by atoms with E-state index >= 15 is 0 Å². The van der Waals surface area contributed by atoms with Gasteiger partial charge in [0.05, 0.1) is 12.2 Å². The molecule has 2 aliphatic heterocycles. The molecule has 2 rings (SSSR count). The van der Waals surface area contributed by atoms with E-state index in [1.807, 2.05) is 20.8 Å². The van der Waals surface area contributed by atoms with Crippen LogP contribution in [0.3, 0.4) is 0 Å². The lowest BCUT2D eigenvalue weighted by atomic mass is 9.89. The summed E-state index contributed by atoms with van der Waals surface area (Å²) >= 11 is 0. The van der Waals surface area contributed by atoms with Crippen LogP contribution in [-0.4, -0.2) is 53.6 Å². The van der Waals surface area contributed by atoms with E-state index in [2.05, 4.69) is 0 Å². The Kier molecular flexibility index (Phi) is 6.09. The summed E-state index contributed by atoms with van der Waals surface area (Å²) in [6.45, 7) is 7.71. The minimum absolute atomic E-state index is 0.155. The zero-order valence-corrected chi connectivity index (χ0v) is 14.2. The molecule has 0 saturated carbocycles. The third-order valence-corrected chi connectivity index (χ3v) is 4.47. The van der Waals surface area contributed by atoms with Crippen molar-refractivity contribution in [2.45, 2.75) is 77.1 Å². The number of hydrogen-bond donors (Lipinski definition) is 1. The molecule has 0 bridgehead atoms. The van der Waals surface area contributed by atoms with Crippen molar-refractivity contribution in [3.8, 4) is 0 Å². The average Bonchev–Trinajstić information content (AvgIpc) is 2.92. The third-order valence-electron chi connectivity index (χ3n) is 4.47. The topological polar surface area (TPSA) is 59.0 Å². The minimum Gasteiger partial charge on any atom is -0.444 e. The van der Waals surface area contributed by atoms with Crippen molar-refractivity contribution < 1.29 is 19.4 Å². The number of nitrogens with zero attached hydrogens (tertiary/aromatic N) is 1. The number of carbonyl (C=O) groups excluding carboxylic acids is 1. The number of likely N-dealkylation sites (tertiary alicyclic amines) is 1. The fraction of sp³-hybridized carbons (Fsp3) is 0.941. The van der Waals surface area contributed by atoms with Crippen LogP contribution < -0.4 is 0 Å². The van der Waals surface area contributed by atoms with Gasteiger partial charge in [0.1, 0.15) is 5.60 Å². The van der Waals surface area contributed by atoms with Gasteiger partial charge in [-0.2, -0.15) is 0 Å². The summed E-state index contributed by atoms with van der Waals surface area (Å²) in [6.07, 6.45) is 5.88. The number of ether oxygens (including phenoxy) is 2. The highest BCUT2D eigenvalue weighted by Crippen LogP contribution is 2.26. The maximum Gasteiger partial charge on any atom is 0.410 e. The maximum absolute atomic E-state index is 12.2. The Morgan fingerprint density at radius 1 is 1.32 bits per heavy atom. The highest BCUT2D eigenvalue weighted by molar-refractivity contribution is 5.68. The van der Waals surface area contributed by atoms with E-state index in [1.165, 1.54) is 6.42 Å². The molecule has 1 N–H and O–H groups in total. The second-order valence-electron chi connectivity index (χ2n) is 7.61. The van der Waals surface area contributed by atoms with Gasteiger partial charge < -0.3 is 19.5 Å². The molecular weight excluding hydrogens is 282 g/mol. The molecule has 128 valence electrons. The first kappa shape index (κ1) is 17.5. The standard InChI is InChI=1S/C17H31NO4/c1-17(2,3)22-16(20)18-10-9-15(19)13(12-18)6-4-7-14-8-5-11-21-14/h13-15,19H,4-12H2,1-3H3. The van der Waals surface area contributed by atoms with Crippen LogP contribution in [0.5, 0.6) is 0 Å². The van der Waals surface area contributed by atoms with E-state index in [0.717, 1.165) is 32.3 Å². The van der Waals surface area contributed by atoms with Gasteiger partial charge in [0.2, 0.25) is 0 Å². The van der Waals surface area contributed by atoms with Crippen molar-refractivity contribution in [3.63, 3.8) is 0 Å². The first-order valence-electron chi connectivity index (χ1n) is 8.63. The largest absolute Gasteiger partial charge is 0.444 e. The molecule has 22 heavy (non-hydrogen) atoms. The third kappa shape index (κ3) is 5.43. The first-order chi connectivity index (χ1) is 10.3. The molecule has 1 amide bonds. The molecular formula is C17H31NO4. The second-order valence-corrected chi connectivity index (χ2v) is 7.61. The molecule has 5 heteroatoms. The van der Waals surface area contributed by atoms with Gasteiger partial charge in [-0.05, 0) is 52.9 Å². The zero-order valence-electron chi connectivity index (χ0n) is 14.2. The predicted octanol–water partition coefficient (Wildman–Crippen LogP) is 2.95. The highest BCUT2D eigenvalue weighted by atomic mass is 16.6. The number of aliphatic hydroxyl groups excluding tert-OH is 1. The van der Waals surface area contributed by atoms with Gasteiger partial charge in [-0.3, -0.25) is 0 Å². The summed E-state index contributed by atoms with van der Waals surface area (Å²) in [6, 6.07) is 0. The van der Waals surface area contributed by atoms with Gasteiger partial charge in [0.15, 0.2) is 0 Å². The van der Waals surface area contributed by atoms with Gasteiger partial charge in [-0.25, -0.2) is 4.79 Å². The lowest BCUT2D eigenvalue weighted by Crippen LogP contribution is -2.47. The Morgan fingerprint density at radius 3 is 2.73 bits per heavy atom. The van der Waals surface area contributed by atoms with E-state index in [9.17, 15) is 9.90 Å². The van der Waals surface area contributed by atoms with Crippen LogP contribution in [-0.2, 0) is 9.47 Å². The van der Waals surface area contributed by atoms with Crippen LogP contribution in [0.15, 0.2) is 0 Å². The second kappa shape index (κ2) is 7.64. The van der Waals surface area contributed by atoms with Crippen LogP contribution in [0.2, 0.25) is 0 Å². The van der Waals surface area contributed by atoms with Gasteiger partial charge in [-0.15, -0.1) is 0 Å². The van der Waals surface area contributed by atoms with Crippen molar-refractivity contribution in [1.29, 1.82) is 0 Å². The van der Waals surface area contributed by atoms with Crippen LogP contribution in [0, 0.1) is 5.92 Å². The maximum atomic E-state index is 12.2.